The first-order chi connectivity index (χ1) is 12.2. The van der Waals surface area contributed by atoms with Gasteiger partial charge >= 0.3 is 0 Å². The van der Waals surface area contributed by atoms with Crippen LogP contribution in [0.15, 0.2) is 23.7 Å². The Morgan fingerprint density at radius 2 is 2.04 bits per heavy atom. The van der Waals surface area contributed by atoms with Gasteiger partial charge < -0.3 is 15.0 Å². The summed E-state index contributed by atoms with van der Waals surface area (Å²) in [5.41, 5.74) is -0.963. The second kappa shape index (κ2) is 6.78. The van der Waals surface area contributed by atoms with E-state index in [1.165, 1.54) is 34.8 Å². The van der Waals surface area contributed by atoms with Gasteiger partial charge in [0.2, 0.25) is 0 Å². The van der Waals surface area contributed by atoms with E-state index in [9.17, 15) is 18.3 Å². The van der Waals surface area contributed by atoms with Crippen LogP contribution >= 0.6 is 0 Å². The van der Waals surface area contributed by atoms with Gasteiger partial charge in [-0.15, -0.1) is 5.10 Å². The fourth-order valence-corrected chi connectivity index (χ4v) is 4.27. The first-order valence-electron chi connectivity index (χ1n) is 8.06. The first-order valence-corrected chi connectivity index (χ1v) is 9.50. The molecule has 0 aromatic carbocycles. The summed E-state index contributed by atoms with van der Waals surface area (Å²) in [6, 6.07) is 0. The maximum absolute atomic E-state index is 12.6. The average Bonchev–Trinajstić information content (AvgIpc) is 3.23. The smallest absolute Gasteiger partial charge is 0.273 e. The zero-order valence-corrected chi connectivity index (χ0v) is 15.3. The van der Waals surface area contributed by atoms with Gasteiger partial charge in [0.1, 0.15) is 0 Å². The topological polar surface area (TPSA) is 135 Å². The number of carbonyl (C=O) groups is 1. The lowest BCUT2D eigenvalue weighted by atomic mass is 9.92. The lowest BCUT2D eigenvalue weighted by Gasteiger charge is -2.36. The van der Waals surface area contributed by atoms with E-state index in [1.54, 1.807) is 11.6 Å². The van der Waals surface area contributed by atoms with Crippen LogP contribution in [-0.4, -0.2) is 74.0 Å². The largest absolute Gasteiger partial charge is 0.388 e. The molecule has 11 nitrogen and oxygen atoms in total. The number of imidazole rings is 1. The van der Waals surface area contributed by atoms with E-state index in [-0.39, 0.29) is 49.1 Å². The minimum Gasteiger partial charge on any atom is -0.388 e. The van der Waals surface area contributed by atoms with Gasteiger partial charge in [0.15, 0.2) is 10.7 Å². The molecule has 2 N–H and O–H groups in total. The van der Waals surface area contributed by atoms with Crippen molar-refractivity contribution in [1.29, 1.82) is 0 Å². The summed E-state index contributed by atoms with van der Waals surface area (Å²) in [6.45, 7) is 0.479. The van der Waals surface area contributed by atoms with E-state index in [1.807, 2.05) is 0 Å². The van der Waals surface area contributed by atoms with Crippen LogP contribution in [-0.2, 0) is 23.6 Å². The quantitative estimate of drug-likeness (QED) is 0.647. The van der Waals surface area contributed by atoms with Crippen LogP contribution in [0.25, 0.3) is 0 Å². The minimum absolute atomic E-state index is 0.00284. The number of nitrogens with zero attached hydrogens (tertiary/aromatic N) is 6. The van der Waals surface area contributed by atoms with Gasteiger partial charge in [-0.2, -0.15) is 4.31 Å². The van der Waals surface area contributed by atoms with E-state index in [0.29, 0.717) is 0 Å². The Hall–Kier alpha value is -2.31. The Labute approximate surface area is 150 Å². The van der Waals surface area contributed by atoms with E-state index >= 15 is 0 Å². The van der Waals surface area contributed by atoms with Crippen molar-refractivity contribution in [2.45, 2.75) is 30.0 Å². The van der Waals surface area contributed by atoms with Crippen molar-refractivity contribution in [3.63, 3.8) is 0 Å². The summed E-state index contributed by atoms with van der Waals surface area (Å²) in [5.74, 6) is -0.362. The SMILES string of the molecule is CNC(=O)c1cn(CC2(O)CCN(S(=O)(=O)c3cn(C)cn3)CC2)nn1. The molecule has 0 aliphatic carbocycles. The van der Waals surface area contributed by atoms with Gasteiger partial charge in [-0.3, -0.25) is 4.79 Å². The zero-order valence-electron chi connectivity index (χ0n) is 14.5. The maximum atomic E-state index is 12.6. The molecule has 0 unspecified atom stereocenters. The van der Waals surface area contributed by atoms with Crippen LogP contribution in [0.2, 0.25) is 0 Å². The molecule has 12 heteroatoms. The molecule has 3 rings (SSSR count). The Morgan fingerprint density at radius 1 is 1.35 bits per heavy atom. The highest BCUT2D eigenvalue weighted by Crippen LogP contribution is 2.27. The highest BCUT2D eigenvalue weighted by atomic mass is 32.2. The zero-order chi connectivity index (χ0) is 18.9. The third-order valence-electron chi connectivity index (χ3n) is 4.39. The van der Waals surface area contributed by atoms with Crippen molar-refractivity contribution in [3.05, 3.63) is 24.4 Å². The summed E-state index contributed by atoms with van der Waals surface area (Å²) in [4.78, 5) is 15.4. The summed E-state index contributed by atoms with van der Waals surface area (Å²) >= 11 is 0. The van der Waals surface area contributed by atoms with Crippen molar-refractivity contribution in [3.8, 4) is 0 Å². The van der Waals surface area contributed by atoms with Crippen molar-refractivity contribution in [2.24, 2.45) is 7.05 Å². The Bertz CT molecular complexity index is 896. The van der Waals surface area contributed by atoms with Crippen LogP contribution in [0.1, 0.15) is 23.3 Å². The van der Waals surface area contributed by atoms with Crippen molar-refractivity contribution in [1.82, 2.24) is 34.2 Å². The standard InChI is InChI=1S/C14H21N7O4S/c1-15-13(22)11-7-20(18-17-11)9-14(23)3-5-21(6-4-14)26(24,25)12-8-19(2)10-16-12/h7-8,10,23H,3-6,9H2,1-2H3,(H,15,22). The molecule has 142 valence electrons. The minimum atomic E-state index is -3.67. The highest BCUT2D eigenvalue weighted by Gasteiger charge is 2.38. The van der Waals surface area contributed by atoms with E-state index in [4.69, 9.17) is 0 Å². The van der Waals surface area contributed by atoms with Gasteiger partial charge in [-0.05, 0) is 12.8 Å². The average molecular weight is 383 g/mol. The summed E-state index contributed by atoms with van der Waals surface area (Å²) in [5, 5.41) is 20.8. The summed E-state index contributed by atoms with van der Waals surface area (Å²) in [7, 11) is -0.479. The second-order valence-electron chi connectivity index (χ2n) is 6.39. The maximum Gasteiger partial charge on any atom is 0.273 e. The predicted octanol–water partition coefficient (Wildman–Crippen LogP) is -1.41. The summed E-state index contributed by atoms with van der Waals surface area (Å²) in [6.07, 6.45) is 4.82. The monoisotopic (exact) mass is 383 g/mol. The fourth-order valence-electron chi connectivity index (χ4n) is 2.86. The Balaban J connectivity index is 1.65. The lowest BCUT2D eigenvalue weighted by Crippen LogP contribution is -2.48. The molecule has 1 amide bonds. The van der Waals surface area contributed by atoms with Crippen molar-refractivity contribution >= 4 is 15.9 Å². The molecule has 3 heterocycles. The van der Waals surface area contributed by atoms with Crippen molar-refractivity contribution < 1.29 is 18.3 Å². The molecule has 2 aromatic rings. The van der Waals surface area contributed by atoms with Crippen LogP contribution in [0.4, 0.5) is 0 Å². The van der Waals surface area contributed by atoms with Gasteiger partial charge in [0.05, 0.1) is 24.7 Å². The molecule has 0 radical (unpaired) electrons. The molecule has 0 saturated carbocycles. The van der Waals surface area contributed by atoms with Gasteiger partial charge in [-0.25, -0.2) is 18.1 Å². The molecular weight excluding hydrogens is 362 g/mol. The summed E-state index contributed by atoms with van der Waals surface area (Å²) < 4.78 is 29.4. The third-order valence-corrected chi connectivity index (χ3v) is 6.18. The number of aromatic nitrogens is 5. The number of hydrogen-bond acceptors (Lipinski definition) is 7. The Morgan fingerprint density at radius 3 is 2.62 bits per heavy atom. The number of rotatable bonds is 5. The number of aryl methyl sites for hydroxylation is 1. The third kappa shape index (κ3) is 3.61. The van der Waals surface area contributed by atoms with Crippen molar-refractivity contribution in [2.75, 3.05) is 20.1 Å². The number of aliphatic hydroxyl groups is 1. The number of sulfonamides is 1. The van der Waals surface area contributed by atoms with Crippen LogP contribution in [0.5, 0.6) is 0 Å². The molecule has 2 aromatic heterocycles. The van der Waals surface area contributed by atoms with E-state index in [2.05, 4.69) is 20.6 Å². The molecule has 1 aliphatic heterocycles. The first kappa shape index (κ1) is 18.5. The van der Waals surface area contributed by atoms with E-state index in [0.717, 1.165) is 0 Å². The second-order valence-corrected chi connectivity index (χ2v) is 8.27. The van der Waals surface area contributed by atoms with Crippen LogP contribution in [0.3, 0.4) is 0 Å². The predicted molar refractivity (Wildman–Crippen MR) is 89.6 cm³/mol. The highest BCUT2D eigenvalue weighted by molar-refractivity contribution is 7.89. The molecule has 1 fully saturated rings. The molecule has 0 atom stereocenters. The van der Waals surface area contributed by atoms with Crippen LogP contribution < -0.4 is 5.32 Å². The molecule has 0 spiro atoms. The molecular formula is C14H21N7O4S. The van der Waals surface area contributed by atoms with Gasteiger partial charge in [-0.1, -0.05) is 5.21 Å². The normalized spacial score (nSPS) is 18.0. The number of piperidine rings is 1. The van der Waals surface area contributed by atoms with Gasteiger partial charge in [0, 0.05) is 33.4 Å². The molecule has 0 bridgehead atoms. The Kier molecular flexibility index (Phi) is 4.82. The van der Waals surface area contributed by atoms with Crippen LogP contribution in [0, 0.1) is 0 Å². The number of hydrogen-bond donors (Lipinski definition) is 2. The molecule has 1 aliphatic rings. The number of amides is 1. The van der Waals surface area contributed by atoms with E-state index < -0.39 is 15.6 Å². The number of carbonyl (C=O) groups excluding carboxylic acids is 1. The lowest BCUT2D eigenvalue weighted by molar-refractivity contribution is -0.0224. The van der Waals surface area contributed by atoms with Gasteiger partial charge in [0.25, 0.3) is 15.9 Å². The number of nitrogens with one attached hydrogen (secondary N) is 1. The molecule has 1 saturated heterocycles. The molecule has 26 heavy (non-hydrogen) atoms. The fraction of sp³-hybridized carbons (Fsp3) is 0.571.